The third-order valence-corrected chi connectivity index (χ3v) is 8.41. The fourth-order valence-electron chi connectivity index (χ4n) is 6.15. The number of aryl methyl sites for hydroxylation is 1. The zero-order valence-corrected chi connectivity index (χ0v) is 23.7. The van der Waals surface area contributed by atoms with Gasteiger partial charge >= 0.3 is 0 Å². The van der Waals surface area contributed by atoms with Gasteiger partial charge in [-0.3, -0.25) is 19.4 Å². The second-order valence-corrected chi connectivity index (χ2v) is 11.7. The summed E-state index contributed by atoms with van der Waals surface area (Å²) in [4.78, 5) is 48.8. The molecule has 0 saturated heterocycles. The minimum atomic E-state index is -1.74. The van der Waals surface area contributed by atoms with Crippen LogP contribution in [0.5, 0.6) is 0 Å². The van der Waals surface area contributed by atoms with Gasteiger partial charge in [-0.1, -0.05) is 39.8 Å². The fraction of sp³-hybridized carbons (Fsp3) is 0.394. The van der Waals surface area contributed by atoms with Crippen molar-refractivity contribution in [1.82, 2.24) is 4.98 Å². The monoisotopic (exact) mass is 524 g/mol. The highest BCUT2D eigenvalue weighted by molar-refractivity contribution is 6.26. The first-order valence-corrected chi connectivity index (χ1v) is 13.7. The lowest BCUT2D eigenvalue weighted by molar-refractivity contribution is -0.116. The van der Waals surface area contributed by atoms with Crippen molar-refractivity contribution in [2.45, 2.75) is 60.5 Å². The third-order valence-electron chi connectivity index (χ3n) is 8.41. The molecular formula is C33H36N2O4. The summed E-state index contributed by atoms with van der Waals surface area (Å²) in [5.74, 6) is -1.95. The van der Waals surface area contributed by atoms with Gasteiger partial charge in [-0.05, 0) is 80.0 Å². The topological polar surface area (TPSA) is 99.6 Å². The molecule has 0 amide bonds. The number of nitrogens with zero attached hydrogens (tertiary/aromatic N) is 1. The minimum absolute atomic E-state index is 0.140. The number of hydrogen-bond donors (Lipinski definition) is 2. The molecule has 0 spiro atoms. The molecular weight excluding hydrogens is 488 g/mol. The minimum Gasteiger partial charge on any atom is -0.380 e. The molecule has 0 radical (unpaired) electrons. The number of H-pyrrole nitrogens is 1. The second kappa shape index (κ2) is 9.53. The number of rotatable bonds is 5. The molecule has 2 aromatic rings. The van der Waals surface area contributed by atoms with Gasteiger partial charge in [0.15, 0.2) is 17.3 Å². The van der Waals surface area contributed by atoms with Gasteiger partial charge in [0.25, 0.3) is 0 Å². The highest BCUT2D eigenvalue weighted by atomic mass is 16.3. The Hall–Kier alpha value is -3.64. The Morgan fingerprint density at radius 3 is 2.31 bits per heavy atom. The van der Waals surface area contributed by atoms with Gasteiger partial charge in [-0.15, -0.1) is 0 Å². The molecule has 2 unspecified atom stereocenters. The normalized spacial score (nSPS) is 22.8. The van der Waals surface area contributed by atoms with Crippen LogP contribution >= 0.6 is 0 Å². The van der Waals surface area contributed by atoms with Crippen LogP contribution in [-0.4, -0.2) is 45.3 Å². The first-order chi connectivity index (χ1) is 18.3. The van der Waals surface area contributed by atoms with Crippen LogP contribution in [0.3, 0.4) is 0 Å². The Kier molecular flexibility index (Phi) is 6.58. The first-order valence-electron chi connectivity index (χ1n) is 13.7. The molecule has 3 aliphatic rings. The Balaban J connectivity index is 1.82. The van der Waals surface area contributed by atoms with E-state index in [-0.39, 0.29) is 34.8 Å². The number of ketones is 3. The summed E-state index contributed by atoms with van der Waals surface area (Å²) < 4.78 is 0. The lowest BCUT2D eigenvalue weighted by Crippen LogP contribution is -2.49. The molecule has 2 aliphatic carbocycles. The molecule has 0 bridgehead atoms. The lowest BCUT2D eigenvalue weighted by Gasteiger charge is -2.41. The highest BCUT2D eigenvalue weighted by Gasteiger charge is 2.50. The van der Waals surface area contributed by atoms with Crippen molar-refractivity contribution in [3.63, 3.8) is 0 Å². The lowest BCUT2D eigenvalue weighted by atomic mass is 9.65. The SMILES string of the molecule is CC1=CC(=O)C(C(C)C)=CC1(O)C(C1=NCCc2c1[nH]c1cc(C)ccc21)C1=C(C)C(=O)C=C(C(C)C)C1=O. The van der Waals surface area contributed by atoms with E-state index in [1.54, 1.807) is 19.9 Å². The number of benzene rings is 1. The average Bonchev–Trinajstić information content (AvgIpc) is 3.24. The number of carbonyl (C=O) groups excluding carboxylic acids is 3. The van der Waals surface area contributed by atoms with Gasteiger partial charge in [0.05, 0.1) is 17.3 Å². The van der Waals surface area contributed by atoms with E-state index in [2.05, 4.69) is 23.2 Å². The molecule has 5 rings (SSSR count). The number of nitrogens with one attached hydrogen (secondary N) is 1. The van der Waals surface area contributed by atoms with Gasteiger partial charge in [0.2, 0.25) is 0 Å². The average molecular weight is 525 g/mol. The van der Waals surface area contributed by atoms with Gasteiger partial charge in [-0.25, -0.2) is 0 Å². The maximum absolute atomic E-state index is 14.1. The van der Waals surface area contributed by atoms with Crippen LogP contribution in [0.1, 0.15) is 58.4 Å². The second-order valence-electron chi connectivity index (χ2n) is 11.7. The summed E-state index contributed by atoms with van der Waals surface area (Å²) in [6.45, 7) is 13.5. The summed E-state index contributed by atoms with van der Waals surface area (Å²) in [5.41, 5.74) is 4.59. The van der Waals surface area contributed by atoms with E-state index in [0.29, 0.717) is 34.5 Å². The van der Waals surface area contributed by atoms with E-state index in [1.165, 1.54) is 12.2 Å². The maximum atomic E-state index is 14.1. The van der Waals surface area contributed by atoms with Crippen molar-refractivity contribution in [3.8, 4) is 0 Å². The molecule has 0 fully saturated rings. The number of aliphatic imine (C=N–C) groups is 1. The predicted octanol–water partition coefficient (Wildman–Crippen LogP) is 5.33. The Bertz CT molecular complexity index is 1610. The standard InChI is InChI=1S/C33H36N2O4/c1-16(2)23-14-26(36)20(7)28(32(23)38)29(33(39)15-24(17(3)4)27(37)13-19(33)6)31-30-22(10-11-34-31)21-9-8-18(5)12-25(21)35-30/h8-9,12-17,29,35,39H,10-11H2,1-7H3. The molecule has 6 heteroatoms. The summed E-state index contributed by atoms with van der Waals surface area (Å²) in [6, 6.07) is 6.24. The third kappa shape index (κ3) is 4.22. The van der Waals surface area contributed by atoms with E-state index >= 15 is 0 Å². The van der Waals surface area contributed by atoms with Gasteiger partial charge in [0.1, 0.15) is 5.60 Å². The Labute approximate surface area is 229 Å². The molecule has 1 aromatic heterocycles. The molecule has 39 heavy (non-hydrogen) atoms. The molecule has 0 saturated carbocycles. The zero-order chi connectivity index (χ0) is 28.4. The van der Waals surface area contributed by atoms with E-state index in [0.717, 1.165) is 34.1 Å². The van der Waals surface area contributed by atoms with Crippen molar-refractivity contribution in [2.75, 3.05) is 6.54 Å². The van der Waals surface area contributed by atoms with Crippen LogP contribution in [0.2, 0.25) is 0 Å². The summed E-state index contributed by atoms with van der Waals surface area (Å²) >= 11 is 0. The molecule has 202 valence electrons. The summed E-state index contributed by atoms with van der Waals surface area (Å²) in [6.07, 6.45) is 5.21. The Morgan fingerprint density at radius 1 is 0.949 bits per heavy atom. The quantitative estimate of drug-likeness (QED) is 0.517. The Morgan fingerprint density at radius 2 is 1.64 bits per heavy atom. The number of Topliss-reactive ketones (excluding diaryl/α,β-unsaturated/α-hetero) is 1. The van der Waals surface area contributed by atoms with E-state index in [9.17, 15) is 19.5 Å². The fourth-order valence-corrected chi connectivity index (χ4v) is 6.15. The van der Waals surface area contributed by atoms with Crippen molar-refractivity contribution in [2.24, 2.45) is 22.7 Å². The number of aromatic amines is 1. The smallest absolute Gasteiger partial charge is 0.186 e. The number of hydrogen-bond acceptors (Lipinski definition) is 5. The number of allylic oxidation sites excluding steroid dienone is 5. The van der Waals surface area contributed by atoms with Gasteiger partial charge in [-0.2, -0.15) is 0 Å². The summed E-state index contributed by atoms with van der Waals surface area (Å²) in [7, 11) is 0. The van der Waals surface area contributed by atoms with E-state index in [1.807, 2.05) is 34.6 Å². The van der Waals surface area contributed by atoms with Gasteiger partial charge < -0.3 is 10.1 Å². The van der Waals surface area contributed by atoms with E-state index in [4.69, 9.17) is 4.99 Å². The molecule has 1 aromatic carbocycles. The number of aliphatic hydroxyl groups is 1. The van der Waals surface area contributed by atoms with Crippen LogP contribution in [0, 0.1) is 24.7 Å². The number of fused-ring (bicyclic) bond motifs is 3. The molecule has 6 nitrogen and oxygen atoms in total. The predicted molar refractivity (Wildman–Crippen MR) is 154 cm³/mol. The number of aromatic nitrogens is 1. The van der Waals surface area contributed by atoms with Crippen LogP contribution in [0.15, 0.2) is 69.3 Å². The van der Waals surface area contributed by atoms with E-state index < -0.39 is 11.5 Å². The van der Waals surface area contributed by atoms with Crippen molar-refractivity contribution < 1.29 is 19.5 Å². The van der Waals surface area contributed by atoms with Crippen LogP contribution in [0.25, 0.3) is 10.9 Å². The first kappa shape index (κ1) is 26.9. The molecule has 2 N–H and O–H groups in total. The van der Waals surface area contributed by atoms with Crippen molar-refractivity contribution in [3.05, 3.63) is 81.1 Å². The summed E-state index contributed by atoms with van der Waals surface area (Å²) in [5, 5.41) is 13.7. The maximum Gasteiger partial charge on any atom is 0.186 e. The largest absolute Gasteiger partial charge is 0.380 e. The highest BCUT2D eigenvalue weighted by Crippen LogP contribution is 2.45. The van der Waals surface area contributed by atoms with Crippen LogP contribution in [0.4, 0.5) is 0 Å². The number of carbonyl (C=O) groups is 3. The van der Waals surface area contributed by atoms with Crippen LogP contribution < -0.4 is 0 Å². The van der Waals surface area contributed by atoms with Crippen molar-refractivity contribution in [1.29, 1.82) is 0 Å². The molecule has 2 heterocycles. The molecule has 2 atom stereocenters. The van der Waals surface area contributed by atoms with Gasteiger partial charge in [0, 0.05) is 39.7 Å². The van der Waals surface area contributed by atoms with Crippen molar-refractivity contribution >= 4 is 34.0 Å². The zero-order valence-electron chi connectivity index (χ0n) is 23.7. The van der Waals surface area contributed by atoms with Crippen LogP contribution in [-0.2, 0) is 20.8 Å². The molecule has 1 aliphatic heterocycles.